The molecule has 2 aromatic carbocycles. The third-order valence-electron chi connectivity index (χ3n) is 3.19. The van der Waals surface area contributed by atoms with Crippen molar-refractivity contribution in [1.82, 2.24) is 4.98 Å². The Morgan fingerprint density at radius 1 is 1.12 bits per heavy atom. The van der Waals surface area contributed by atoms with Crippen LogP contribution in [0.2, 0.25) is 5.02 Å². The number of nitrogens with zero attached hydrogens (tertiary/aromatic N) is 1. The smallest absolute Gasteiger partial charge is 0.257 e. The fourth-order valence-corrected chi connectivity index (χ4v) is 3.07. The molecule has 1 N–H and O–H groups in total. The van der Waals surface area contributed by atoms with Gasteiger partial charge in [-0.25, -0.2) is 13.8 Å². The highest BCUT2D eigenvalue weighted by Gasteiger charge is 2.12. The number of carbonyl (C=O) groups excluding carboxylic acids is 1. The number of hydrogen-bond donors (Lipinski definition) is 1. The topological polar surface area (TPSA) is 42.0 Å². The molecule has 1 heterocycles. The first kappa shape index (κ1) is 16.5. The maximum atomic E-state index is 13.2. The lowest BCUT2D eigenvalue weighted by atomic mass is 10.1. The Balaban J connectivity index is 1.69. The van der Waals surface area contributed by atoms with Crippen molar-refractivity contribution in [3.63, 3.8) is 0 Å². The van der Waals surface area contributed by atoms with Crippen molar-refractivity contribution in [3.05, 3.63) is 81.3 Å². The predicted molar refractivity (Wildman–Crippen MR) is 90.7 cm³/mol. The SMILES string of the molecule is O=C(Nc1ncc(Cc2ccc(Cl)cc2)s1)c1cc(F)cc(F)c1. The summed E-state index contributed by atoms with van der Waals surface area (Å²) in [5.74, 6) is -2.22. The molecule has 122 valence electrons. The molecule has 0 aliphatic heterocycles. The zero-order chi connectivity index (χ0) is 17.1. The Morgan fingerprint density at radius 3 is 2.46 bits per heavy atom. The Morgan fingerprint density at radius 2 is 1.79 bits per heavy atom. The number of amides is 1. The molecule has 0 aliphatic rings. The van der Waals surface area contributed by atoms with E-state index in [1.54, 1.807) is 18.3 Å². The van der Waals surface area contributed by atoms with Crippen LogP contribution in [-0.4, -0.2) is 10.9 Å². The van der Waals surface area contributed by atoms with Gasteiger partial charge in [-0.2, -0.15) is 0 Å². The van der Waals surface area contributed by atoms with Crippen LogP contribution in [0.3, 0.4) is 0 Å². The quantitative estimate of drug-likeness (QED) is 0.714. The summed E-state index contributed by atoms with van der Waals surface area (Å²) in [5.41, 5.74) is 0.968. The van der Waals surface area contributed by atoms with Crippen LogP contribution in [0.4, 0.5) is 13.9 Å². The van der Waals surface area contributed by atoms with Crippen molar-refractivity contribution in [2.24, 2.45) is 0 Å². The molecule has 0 saturated carbocycles. The van der Waals surface area contributed by atoms with Crippen molar-refractivity contribution in [2.75, 3.05) is 5.32 Å². The van der Waals surface area contributed by atoms with E-state index in [2.05, 4.69) is 10.3 Å². The zero-order valence-electron chi connectivity index (χ0n) is 12.2. The molecular formula is C17H11ClF2N2OS. The van der Waals surface area contributed by atoms with E-state index in [1.807, 2.05) is 12.1 Å². The minimum absolute atomic E-state index is 0.0954. The third-order valence-corrected chi connectivity index (χ3v) is 4.36. The van der Waals surface area contributed by atoms with Crippen LogP contribution in [0.5, 0.6) is 0 Å². The van der Waals surface area contributed by atoms with E-state index < -0.39 is 17.5 Å². The number of rotatable bonds is 4. The van der Waals surface area contributed by atoms with Crippen molar-refractivity contribution < 1.29 is 13.6 Å². The molecule has 3 nitrogen and oxygen atoms in total. The van der Waals surface area contributed by atoms with Crippen LogP contribution in [0.1, 0.15) is 20.8 Å². The normalized spacial score (nSPS) is 10.6. The number of nitrogens with one attached hydrogen (secondary N) is 1. The van der Waals surface area contributed by atoms with Gasteiger partial charge < -0.3 is 0 Å². The molecule has 3 rings (SSSR count). The van der Waals surface area contributed by atoms with Gasteiger partial charge in [0.1, 0.15) is 11.6 Å². The summed E-state index contributed by atoms with van der Waals surface area (Å²) in [5, 5.41) is 3.58. The fraction of sp³-hybridized carbons (Fsp3) is 0.0588. The van der Waals surface area contributed by atoms with E-state index in [0.717, 1.165) is 22.6 Å². The molecule has 0 aliphatic carbocycles. The number of anilines is 1. The van der Waals surface area contributed by atoms with E-state index in [9.17, 15) is 13.6 Å². The van der Waals surface area contributed by atoms with Crippen LogP contribution in [0.15, 0.2) is 48.7 Å². The monoisotopic (exact) mass is 364 g/mol. The third kappa shape index (κ3) is 4.15. The molecule has 0 saturated heterocycles. The summed E-state index contributed by atoms with van der Waals surface area (Å²) in [7, 11) is 0. The largest absolute Gasteiger partial charge is 0.298 e. The lowest BCUT2D eigenvalue weighted by molar-refractivity contribution is 0.102. The fourth-order valence-electron chi connectivity index (χ4n) is 2.10. The number of benzene rings is 2. The highest BCUT2D eigenvalue weighted by atomic mass is 35.5. The number of aromatic nitrogens is 1. The van der Waals surface area contributed by atoms with Gasteiger partial charge in [0.15, 0.2) is 5.13 Å². The molecule has 0 spiro atoms. The van der Waals surface area contributed by atoms with E-state index >= 15 is 0 Å². The van der Waals surface area contributed by atoms with Crippen molar-refractivity contribution >= 4 is 34.0 Å². The second kappa shape index (κ2) is 7.07. The standard InChI is InChI=1S/C17H11ClF2N2OS/c18-12-3-1-10(2-4-12)5-15-9-21-17(24-15)22-16(23)11-6-13(19)8-14(20)7-11/h1-4,6-9H,5H2,(H,21,22,23). The first-order valence-corrected chi connectivity index (χ1v) is 8.15. The predicted octanol–water partition coefficient (Wildman–Crippen LogP) is 4.92. The van der Waals surface area contributed by atoms with E-state index in [-0.39, 0.29) is 5.56 Å². The maximum Gasteiger partial charge on any atom is 0.257 e. The summed E-state index contributed by atoms with van der Waals surface area (Å²) in [6.45, 7) is 0. The van der Waals surface area contributed by atoms with Gasteiger partial charge in [0.2, 0.25) is 0 Å². The molecular weight excluding hydrogens is 354 g/mol. The second-order valence-corrected chi connectivity index (χ2v) is 6.60. The number of hydrogen-bond acceptors (Lipinski definition) is 3. The van der Waals surface area contributed by atoms with Gasteiger partial charge >= 0.3 is 0 Å². The van der Waals surface area contributed by atoms with Crippen molar-refractivity contribution in [1.29, 1.82) is 0 Å². The van der Waals surface area contributed by atoms with Gasteiger partial charge in [0.25, 0.3) is 5.91 Å². The van der Waals surface area contributed by atoms with Gasteiger partial charge in [-0.3, -0.25) is 10.1 Å². The second-order valence-electron chi connectivity index (χ2n) is 5.05. The van der Waals surface area contributed by atoms with Crippen LogP contribution in [0.25, 0.3) is 0 Å². The summed E-state index contributed by atoms with van der Waals surface area (Å²) < 4.78 is 26.3. The van der Waals surface area contributed by atoms with Crippen LogP contribution in [0, 0.1) is 11.6 Å². The van der Waals surface area contributed by atoms with Gasteiger partial charge in [0, 0.05) is 34.1 Å². The first-order valence-electron chi connectivity index (χ1n) is 6.96. The number of halogens is 3. The van der Waals surface area contributed by atoms with Crippen LogP contribution < -0.4 is 5.32 Å². The van der Waals surface area contributed by atoms with Crippen molar-refractivity contribution in [2.45, 2.75) is 6.42 Å². The Kier molecular flexibility index (Phi) is 4.87. The van der Waals surface area contributed by atoms with E-state index in [0.29, 0.717) is 22.6 Å². The van der Waals surface area contributed by atoms with Crippen molar-refractivity contribution in [3.8, 4) is 0 Å². The minimum Gasteiger partial charge on any atom is -0.298 e. The maximum absolute atomic E-state index is 13.2. The molecule has 0 radical (unpaired) electrons. The molecule has 7 heteroatoms. The molecule has 0 atom stereocenters. The average molecular weight is 365 g/mol. The summed E-state index contributed by atoms with van der Waals surface area (Å²) in [4.78, 5) is 17.1. The summed E-state index contributed by atoms with van der Waals surface area (Å²) >= 11 is 7.15. The van der Waals surface area contributed by atoms with Gasteiger partial charge in [-0.15, -0.1) is 11.3 Å². The molecule has 3 aromatic rings. The molecule has 0 bridgehead atoms. The lowest BCUT2D eigenvalue weighted by Crippen LogP contribution is -2.12. The Labute approximate surface area is 145 Å². The van der Waals surface area contributed by atoms with Crippen LogP contribution >= 0.6 is 22.9 Å². The van der Waals surface area contributed by atoms with Gasteiger partial charge in [-0.05, 0) is 29.8 Å². The first-order chi connectivity index (χ1) is 11.5. The Bertz CT molecular complexity index is 860. The number of thiazole rings is 1. The summed E-state index contributed by atoms with van der Waals surface area (Å²) in [6, 6.07) is 10.1. The number of carbonyl (C=O) groups is 1. The van der Waals surface area contributed by atoms with E-state index in [4.69, 9.17) is 11.6 Å². The molecule has 1 aromatic heterocycles. The summed E-state index contributed by atoms with van der Waals surface area (Å²) in [6.07, 6.45) is 2.31. The molecule has 24 heavy (non-hydrogen) atoms. The van der Waals surface area contributed by atoms with E-state index in [1.165, 1.54) is 11.3 Å². The van der Waals surface area contributed by atoms with Gasteiger partial charge in [0.05, 0.1) is 0 Å². The van der Waals surface area contributed by atoms with Crippen LogP contribution in [-0.2, 0) is 6.42 Å². The average Bonchev–Trinajstić information content (AvgIpc) is 2.95. The highest BCUT2D eigenvalue weighted by Crippen LogP contribution is 2.22. The lowest BCUT2D eigenvalue weighted by Gasteiger charge is -2.02. The molecule has 0 unspecified atom stereocenters. The minimum atomic E-state index is -0.803. The zero-order valence-corrected chi connectivity index (χ0v) is 13.8. The molecule has 0 fully saturated rings. The Hall–Kier alpha value is -2.31. The molecule has 1 amide bonds. The highest BCUT2D eigenvalue weighted by molar-refractivity contribution is 7.15. The van der Waals surface area contributed by atoms with Gasteiger partial charge in [-0.1, -0.05) is 23.7 Å².